The van der Waals surface area contributed by atoms with Crippen LogP contribution in [0.1, 0.15) is 316 Å². The zero-order valence-corrected chi connectivity index (χ0v) is 49.6. The van der Waals surface area contributed by atoms with E-state index in [0.717, 1.165) is 116 Å². The fourth-order valence-electron chi connectivity index (χ4n) is 9.05. The van der Waals surface area contributed by atoms with Gasteiger partial charge >= 0.3 is 17.9 Å². The van der Waals surface area contributed by atoms with Crippen LogP contribution in [0, 0.1) is 0 Å². The van der Waals surface area contributed by atoms with Crippen molar-refractivity contribution in [2.45, 2.75) is 322 Å². The lowest BCUT2D eigenvalue weighted by Crippen LogP contribution is -2.30. The van der Waals surface area contributed by atoms with Crippen LogP contribution in [0.15, 0.2) is 85.1 Å². The molecule has 0 aliphatic rings. The molecule has 0 saturated heterocycles. The molecule has 0 radical (unpaired) electrons. The maximum Gasteiger partial charge on any atom is 0.306 e. The molecule has 0 rings (SSSR count). The van der Waals surface area contributed by atoms with E-state index in [1.54, 1.807) is 0 Å². The molecule has 0 aromatic carbocycles. The van der Waals surface area contributed by atoms with Crippen LogP contribution in [0.4, 0.5) is 0 Å². The molecule has 0 spiro atoms. The maximum atomic E-state index is 12.9. The van der Waals surface area contributed by atoms with Gasteiger partial charge in [-0.2, -0.15) is 0 Å². The summed E-state index contributed by atoms with van der Waals surface area (Å²) in [5.41, 5.74) is 0. The van der Waals surface area contributed by atoms with Gasteiger partial charge < -0.3 is 14.2 Å². The van der Waals surface area contributed by atoms with Crippen molar-refractivity contribution >= 4 is 17.9 Å². The minimum absolute atomic E-state index is 0.0847. The number of esters is 3. The number of allylic oxidation sites excluding steroid dienone is 14. The van der Waals surface area contributed by atoms with Crippen LogP contribution in [0.25, 0.3) is 0 Å². The van der Waals surface area contributed by atoms with Gasteiger partial charge in [-0.25, -0.2) is 0 Å². The number of ether oxygens (including phenoxy) is 3. The van der Waals surface area contributed by atoms with Crippen LogP contribution in [-0.2, 0) is 28.6 Å². The minimum atomic E-state index is -0.790. The molecular formula is C69H120O6. The molecule has 0 heterocycles. The van der Waals surface area contributed by atoms with Crippen LogP contribution >= 0.6 is 0 Å². The van der Waals surface area contributed by atoms with E-state index in [-0.39, 0.29) is 31.1 Å². The van der Waals surface area contributed by atoms with Gasteiger partial charge in [0.1, 0.15) is 13.2 Å². The van der Waals surface area contributed by atoms with Crippen molar-refractivity contribution < 1.29 is 28.6 Å². The second kappa shape index (κ2) is 63.1. The van der Waals surface area contributed by atoms with Gasteiger partial charge in [-0.15, -0.1) is 0 Å². The first-order chi connectivity index (χ1) is 37.0. The predicted molar refractivity (Wildman–Crippen MR) is 325 cm³/mol. The molecule has 0 aromatic heterocycles. The van der Waals surface area contributed by atoms with Crippen molar-refractivity contribution in [3.8, 4) is 0 Å². The van der Waals surface area contributed by atoms with Crippen molar-refractivity contribution in [1.82, 2.24) is 0 Å². The fourth-order valence-corrected chi connectivity index (χ4v) is 9.05. The summed E-state index contributed by atoms with van der Waals surface area (Å²) in [5, 5.41) is 0. The number of hydrogen-bond donors (Lipinski definition) is 0. The normalized spacial score (nSPS) is 12.6. The summed E-state index contributed by atoms with van der Waals surface area (Å²) in [7, 11) is 0. The lowest BCUT2D eigenvalue weighted by Gasteiger charge is -2.18. The van der Waals surface area contributed by atoms with E-state index in [2.05, 4.69) is 106 Å². The molecule has 6 heteroatoms. The molecule has 75 heavy (non-hydrogen) atoms. The van der Waals surface area contributed by atoms with Gasteiger partial charge in [0, 0.05) is 19.3 Å². The third-order valence-electron chi connectivity index (χ3n) is 13.9. The van der Waals surface area contributed by atoms with Gasteiger partial charge in [-0.3, -0.25) is 14.4 Å². The van der Waals surface area contributed by atoms with Crippen molar-refractivity contribution in [2.24, 2.45) is 0 Å². The van der Waals surface area contributed by atoms with E-state index in [1.165, 1.54) is 161 Å². The number of rotatable bonds is 58. The van der Waals surface area contributed by atoms with E-state index in [9.17, 15) is 14.4 Å². The Kier molecular flexibility index (Phi) is 60.3. The van der Waals surface area contributed by atoms with Gasteiger partial charge in [-0.1, -0.05) is 266 Å². The summed E-state index contributed by atoms with van der Waals surface area (Å²) >= 11 is 0. The zero-order valence-electron chi connectivity index (χ0n) is 49.6. The van der Waals surface area contributed by atoms with Crippen LogP contribution in [0.3, 0.4) is 0 Å². The third kappa shape index (κ3) is 61.3. The summed E-state index contributed by atoms with van der Waals surface area (Å²) in [4.78, 5) is 38.3. The van der Waals surface area contributed by atoms with Crippen molar-refractivity contribution in [3.05, 3.63) is 85.1 Å². The molecule has 1 atom stereocenters. The molecule has 0 aliphatic heterocycles. The molecule has 0 fully saturated rings. The Balaban J connectivity index is 4.33. The summed E-state index contributed by atoms with van der Waals surface area (Å²) in [6.45, 7) is 6.50. The average molecular weight is 1050 g/mol. The van der Waals surface area contributed by atoms with E-state index in [1.807, 2.05) is 0 Å². The van der Waals surface area contributed by atoms with E-state index >= 15 is 0 Å². The van der Waals surface area contributed by atoms with Crippen LogP contribution < -0.4 is 0 Å². The van der Waals surface area contributed by atoms with Gasteiger partial charge in [0.15, 0.2) is 6.10 Å². The molecule has 0 aromatic rings. The number of hydrogen-bond acceptors (Lipinski definition) is 6. The number of carbonyl (C=O) groups excluding carboxylic acids is 3. The Morgan fingerprint density at radius 1 is 0.280 bits per heavy atom. The molecular weight excluding hydrogens is 925 g/mol. The van der Waals surface area contributed by atoms with Gasteiger partial charge in [-0.05, 0) is 116 Å². The Labute approximate surface area is 465 Å². The summed E-state index contributed by atoms with van der Waals surface area (Å²) < 4.78 is 16.9. The van der Waals surface area contributed by atoms with Crippen molar-refractivity contribution in [2.75, 3.05) is 13.2 Å². The predicted octanol–water partition coefficient (Wildman–Crippen LogP) is 21.9. The van der Waals surface area contributed by atoms with Gasteiger partial charge in [0.25, 0.3) is 0 Å². The van der Waals surface area contributed by atoms with Crippen LogP contribution in [0.2, 0.25) is 0 Å². The summed E-state index contributed by atoms with van der Waals surface area (Å²) in [6, 6.07) is 0. The third-order valence-corrected chi connectivity index (χ3v) is 13.9. The largest absolute Gasteiger partial charge is 0.462 e. The van der Waals surface area contributed by atoms with Crippen molar-refractivity contribution in [3.63, 3.8) is 0 Å². The van der Waals surface area contributed by atoms with E-state index in [0.29, 0.717) is 19.3 Å². The SMILES string of the molecule is CC/C=C\C/C=C\C/C=C\CCCCCCCC(=O)OCC(COC(=O)CCCCCCCCCCCCCCC/C=C\C/C=C\CCCCCCC)OC(=O)CCCCCCCCC/C=C\C/C=C\CCCCC. The fraction of sp³-hybridized carbons (Fsp3) is 0.754. The molecule has 0 saturated carbocycles. The molecule has 1 unspecified atom stereocenters. The second-order valence-corrected chi connectivity index (χ2v) is 21.3. The topological polar surface area (TPSA) is 78.9 Å². The van der Waals surface area contributed by atoms with Crippen LogP contribution in [-0.4, -0.2) is 37.2 Å². The first-order valence-corrected chi connectivity index (χ1v) is 32.1. The Hall–Kier alpha value is -3.41. The lowest BCUT2D eigenvalue weighted by molar-refractivity contribution is -0.167. The van der Waals surface area contributed by atoms with Crippen LogP contribution in [0.5, 0.6) is 0 Å². The number of unbranched alkanes of at least 4 members (excludes halogenated alkanes) is 33. The zero-order chi connectivity index (χ0) is 54.3. The highest BCUT2D eigenvalue weighted by atomic mass is 16.6. The standard InChI is InChI=1S/C69H120O6/c1-4-7-10-13-16-19-22-25-28-30-31-32-33-34-35-36-37-39-41-44-47-50-53-56-59-62-68(71)74-65-66(64-73-67(70)61-58-55-52-49-46-43-40-27-24-21-18-15-12-9-6-3)75-69(72)63-60-57-54-51-48-45-42-38-29-26-23-20-17-14-11-8-5-2/h9,12,17-18,20-22,25-27,29-31,40,66H,4-8,10-11,13-16,19,23-24,28,32-39,41-65H2,1-3H3/b12-9-,20-17-,21-18-,25-22-,29-26-,31-30-,40-27-. The maximum absolute atomic E-state index is 12.9. The highest BCUT2D eigenvalue weighted by Crippen LogP contribution is 2.16. The lowest BCUT2D eigenvalue weighted by atomic mass is 10.0. The monoisotopic (exact) mass is 1040 g/mol. The van der Waals surface area contributed by atoms with Crippen molar-refractivity contribution in [1.29, 1.82) is 0 Å². The summed E-state index contributed by atoms with van der Waals surface area (Å²) in [6.07, 6.45) is 83.0. The van der Waals surface area contributed by atoms with Gasteiger partial charge in [0.2, 0.25) is 0 Å². The molecule has 0 bridgehead atoms. The Morgan fingerprint density at radius 2 is 0.520 bits per heavy atom. The van der Waals surface area contributed by atoms with E-state index in [4.69, 9.17) is 14.2 Å². The Morgan fingerprint density at radius 3 is 0.840 bits per heavy atom. The quantitative estimate of drug-likeness (QED) is 0.0261. The smallest absolute Gasteiger partial charge is 0.306 e. The summed E-state index contributed by atoms with van der Waals surface area (Å²) in [5.74, 6) is -0.900. The molecule has 0 amide bonds. The number of carbonyl (C=O) groups is 3. The molecule has 0 N–H and O–H groups in total. The second-order valence-electron chi connectivity index (χ2n) is 21.3. The van der Waals surface area contributed by atoms with E-state index < -0.39 is 6.10 Å². The molecule has 6 nitrogen and oxygen atoms in total. The highest BCUT2D eigenvalue weighted by Gasteiger charge is 2.19. The minimum Gasteiger partial charge on any atom is -0.462 e. The van der Waals surface area contributed by atoms with Gasteiger partial charge in [0.05, 0.1) is 0 Å². The Bertz CT molecular complexity index is 1430. The first-order valence-electron chi connectivity index (χ1n) is 32.1. The highest BCUT2D eigenvalue weighted by molar-refractivity contribution is 5.71. The molecule has 0 aliphatic carbocycles. The molecule has 432 valence electrons. The first kappa shape index (κ1) is 71.6. The average Bonchev–Trinajstić information content (AvgIpc) is 3.41.